The highest BCUT2D eigenvalue weighted by atomic mass is 16.2. The van der Waals surface area contributed by atoms with Crippen LogP contribution in [0.25, 0.3) is 10.9 Å². The Bertz CT molecular complexity index is 1090. The van der Waals surface area contributed by atoms with Crippen LogP contribution in [0.1, 0.15) is 23.5 Å². The molecule has 5 rings (SSSR count). The van der Waals surface area contributed by atoms with Crippen LogP contribution in [0.2, 0.25) is 0 Å². The second kappa shape index (κ2) is 5.71. The predicted octanol–water partition coefficient (Wildman–Crippen LogP) is 1.68. The van der Waals surface area contributed by atoms with Gasteiger partial charge in [0.1, 0.15) is 0 Å². The Morgan fingerprint density at radius 2 is 2.12 bits per heavy atom. The van der Waals surface area contributed by atoms with Gasteiger partial charge in [0.25, 0.3) is 5.56 Å². The first-order valence-electron chi connectivity index (χ1n) is 9.19. The van der Waals surface area contributed by atoms with Crippen LogP contribution in [0.3, 0.4) is 0 Å². The molecule has 0 amide bonds. The molecule has 1 saturated heterocycles. The van der Waals surface area contributed by atoms with Crippen LogP contribution in [0, 0.1) is 5.92 Å². The third-order valence-electron chi connectivity index (χ3n) is 6.16. The molecule has 1 aliphatic carbocycles. The minimum atomic E-state index is -0.342. The van der Waals surface area contributed by atoms with Gasteiger partial charge in [-0.15, -0.1) is 0 Å². The van der Waals surface area contributed by atoms with Crippen molar-refractivity contribution in [2.75, 3.05) is 13.6 Å². The molecular formula is C20H22N4O2. The molecule has 0 radical (unpaired) electrons. The van der Waals surface area contributed by atoms with E-state index in [1.807, 2.05) is 0 Å². The Morgan fingerprint density at radius 3 is 2.96 bits per heavy atom. The molecule has 1 aliphatic heterocycles. The number of rotatable bonds is 2. The van der Waals surface area contributed by atoms with Crippen molar-refractivity contribution in [2.45, 2.75) is 31.3 Å². The zero-order chi connectivity index (χ0) is 17.8. The zero-order valence-corrected chi connectivity index (χ0v) is 14.7. The van der Waals surface area contributed by atoms with E-state index in [0.717, 1.165) is 19.4 Å². The Hall–Kier alpha value is -2.60. The number of likely N-dealkylation sites (N-methyl/N-ethyl adjacent to an activating group) is 1. The van der Waals surface area contributed by atoms with Gasteiger partial charge in [-0.05, 0) is 43.0 Å². The summed E-state index contributed by atoms with van der Waals surface area (Å²) in [7, 11) is 2.19. The van der Waals surface area contributed by atoms with Crippen molar-refractivity contribution < 1.29 is 0 Å². The molecule has 1 fully saturated rings. The molecule has 6 nitrogen and oxygen atoms in total. The molecule has 26 heavy (non-hydrogen) atoms. The third kappa shape index (κ3) is 2.36. The molecule has 2 aromatic heterocycles. The summed E-state index contributed by atoms with van der Waals surface area (Å²) in [5, 5.41) is 1.39. The van der Waals surface area contributed by atoms with Gasteiger partial charge in [-0.1, -0.05) is 12.1 Å². The van der Waals surface area contributed by atoms with E-state index in [9.17, 15) is 9.59 Å². The smallest absolute Gasteiger partial charge is 0.328 e. The molecule has 3 atom stereocenters. The van der Waals surface area contributed by atoms with Gasteiger partial charge in [0.15, 0.2) is 0 Å². The average Bonchev–Trinajstić information content (AvgIpc) is 3.03. The minimum Gasteiger partial charge on any atom is -0.361 e. The van der Waals surface area contributed by atoms with Crippen LogP contribution < -0.4 is 11.2 Å². The summed E-state index contributed by atoms with van der Waals surface area (Å²) in [5.41, 5.74) is 3.41. The van der Waals surface area contributed by atoms with Crippen molar-refractivity contribution in [1.29, 1.82) is 0 Å². The number of nitrogens with one attached hydrogen (secondary N) is 2. The van der Waals surface area contributed by atoms with Crippen molar-refractivity contribution in [3.63, 3.8) is 0 Å². The van der Waals surface area contributed by atoms with Crippen LogP contribution >= 0.6 is 0 Å². The van der Waals surface area contributed by atoms with Crippen LogP contribution in [0.4, 0.5) is 0 Å². The normalized spacial score (nSPS) is 25.3. The highest BCUT2D eigenvalue weighted by molar-refractivity contribution is 5.88. The minimum absolute atomic E-state index is 0.319. The fourth-order valence-corrected chi connectivity index (χ4v) is 5.05. The van der Waals surface area contributed by atoms with Gasteiger partial charge in [0.05, 0.1) is 0 Å². The zero-order valence-electron chi connectivity index (χ0n) is 14.7. The third-order valence-corrected chi connectivity index (χ3v) is 6.16. The molecule has 3 heterocycles. The Labute approximate surface area is 150 Å². The van der Waals surface area contributed by atoms with E-state index in [4.69, 9.17) is 0 Å². The van der Waals surface area contributed by atoms with Crippen molar-refractivity contribution in [2.24, 2.45) is 5.92 Å². The van der Waals surface area contributed by atoms with Gasteiger partial charge in [-0.2, -0.15) is 0 Å². The van der Waals surface area contributed by atoms with Crippen LogP contribution in [-0.2, 0) is 13.0 Å². The van der Waals surface area contributed by atoms with Gasteiger partial charge >= 0.3 is 5.69 Å². The number of hydrogen-bond acceptors (Lipinski definition) is 3. The highest BCUT2D eigenvalue weighted by Crippen LogP contribution is 2.44. The molecular weight excluding hydrogens is 328 g/mol. The number of hydrogen-bond donors (Lipinski definition) is 2. The molecule has 1 aromatic carbocycles. The van der Waals surface area contributed by atoms with E-state index < -0.39 is 0 Å². The molecule has 0 spiro atoms. The van der Waals surface area contributed by atoms with E-state index in [1.165, 1.54) is 28.1 Å². The van der Waals surface area contributed by atoms with E-state index >= 15 is 0 Å². The number of aromatic nitrogens is 3. The second-order valence-electron chi connectivity index (χ2n) is 7.77. The number of aromatic amines is 2. The van der Waals surface area contributed by atoms with Gasteiger partial charge in [-0.3, -0.25) is 9.78 Å². The Balaban J connectivity index is 1.49. The molecule has 3 aromatic rings. The maximum absolute atomic E-state index is 12.1. The van der Waals surface area contributed by atoms with E-state index in [2.05, 4.69) is 46.3 Å². The van der Waals surface area contributed by atoms with Gasteiger partial charge < -0.3 is 14.5 Å². The topological polar surface area (TPSA) is 73.9 Å². The van der Waals surface area contributed by atoms with E-state index in [0.29, 0.717) is 24.4 Å². The lowest BCUT2D eigenvalue weighted by atomic mass is 9.72. The maximum Gasteiger partial charge on any atom is 0.328 e. The van der Waals surface area contributed by atoms with Crippen molar-refractivity contribution >= 4 is 10.9 Å². The number of H-pyrrole nitrogens is 2. The lowest BCUT2D eigenvalue weighted by Crippen LogP contribution is -2.49. The van der Waals surface area contributed by atoms with Crippen LogP contribution in [-0.4, -0.2) is 39.1 Å². The van der Waals surface area contributed by atoms with Gasteiger partial charge in [0, 0.05) is 54.4 Å². The predicted molar refractivity (Wildman–Crippen MR) is 101 cm³/mol. The standard InChI is InChI=1S/C20H22N4O2/c1-23-10-12(11-24-6-5-18(25)22-20(24)26)7-15-14-3-2-4-16-19(14)13(9-21-16)8-17(15)23/h2-6,9,12,15,17,21H,7-8,10-11H2,1H3,(H,22,25,26)/t12-,15-,17-/m1/s1. The van der Waals surface area contributed by atoms with Crippen molar-refractivity contribution in [3.05, 3.63) is 68.6 Å². The molecule has 2 aliphatic rings. The summed E-state index contributed by atoms with van der Waals surface area (Å²) < 4.78 is 1.63. The molecule has 6 heteroatoms. The first kappa shape index (κ1) is 15.6. The Kier molecular flexibility index (Phi) is 3.43. The van der Waals surface area contributed by atoms with Gasteiger partial charge in [0.2, 0.25) is 0 Å². The largest absolute Gasteiger partial charge is 0.361 e. The summed E-state index contributed by atoms with van der Waals surface area (Å²) in [5.74, 6) is 0.852. The summed E-state index contributed by atoms with van der Waals surface area (Å²) in [4.78, 5) is 31.6. The maximum atomic E-state index is 12.1. The van der Waals surface area contributed by atoms with Crippen molar-refractivity contribution in [3.8, 4) is 0 Å². The summed E-state index contributed by atoms with van der Waals surface area (Å²) >= 11 is 0. The molecule has 0 bridgehead atoms. The summed E-state index contributed by atoms with van der Waals surface area (Å²) in [6.07, 6.45) is 5.90. The molecule has 134 valence electrons. The summed E-state index contributed by atoms with van der Waals surface area (Å²) in [6.45, 7) is 1.60. The summed E-state index contributed by atoms with van der Waals surface area (Å²) in [6, 6.07) is 8.47. The fraction of sp³-hybridized carbons (Fsp3) is 0.400. The fourth-order valence-electron chi connectivity index (χ4n) is 5.05. The number of likely N-dealkylation sites (tertiary alicyclic amines) is 1. The first-order chi connectivity index (χ1) is 12.6. The van der Waals surface area contributed by atoms with E-state index in [-0.39, 0.29) is 11.2 Å². The lowest BCUT2D eigenvalue weighted by molar-refractivity contribution is 0.103. The lowest BCUT2D eigenvalue weighted by Gasteiger charge is -2.45. The average molecular weight is 350 g/mol. The van der Waals surface area contributed by atoms with E-state index in [1.54, 1.807) is 10.8 Å². The van der Waals surface area contributed by atoms with Crippen LogP contribution in [0.5, 0.6) is 0 Å². The molecule has 2 N–H and O–H groups in total. The molecule has 0 saturated carbocycles. The Morgan fingerprint density at radius 1 is 1.23 bits per heavy atom. The van der Waals surface area contributed by atoms with Crippen LogP contribution in [0.15, 0.2) is 46.2 Å². The van der Waals surface area contributed by atoms with Gasteiger partial charge in [-0.25, -0.2) is 4.79 Å². The number of nitrogens with zero attached hydrogens (tertiary/aromatic N) is 2. The molecule has 0 unspecified atom stereocenters. The highest BCUT2D eigenvalue weighted by Gasteiger charge is 2.39. The quantitative estimate of drug-likeness (QED) is 0.738. The number of fused-ring (bicyclic) bond motifs is 2. The van der Waals surface area contributed by atoms with Crippen molar-refractivity contribution in [1.82, 2.24) is 19.4 Å². The first-order valence-corrected chi connectivity index (χ1v) is 9.19. The SMILES string of the molecule is CN1C[C@H](Cn2ccc(=O)[nH]c2=O)C[C@@H]2c3cccc4[nH]cc(c34)C[C@H]21. The monoisotopic (exact) mass is 350 g/mol. The number of benzene rings is 1. The number of piperidine rings is 1. The second-order valence-corrected chi connectivity index (χ2v) is 7.77.